The predicted octanol–water partition coefficient (Wildman–Crippen LogP) is 17.1. The van der Waals surface area contributed by atoms with E-state index < -0.39 is 30.3 Å². The molecule has 0 amide bonds. The Hall–Kier alpha value is -5.87. The van der Waals surface area contributed by atoms with Gasteiger partial charge in [-0.1, -0.05) is 208 Å². The standard InChI is InChI=1S/C68H101NO8/c1-6-8-10-12-14-16-18-20-21-22-23-24-25-26-27-28-29-30-31-32-33-34-35-36-37-38-39-40-41-42-43-44-45-47-49-51-53-55-57-59-66(71)77-64(63-76-68(67(72)73)74-61-60-69(3,4)5)62-75-65(70)58-56-54-52-50-48-46-19-17-15-13-11-9-7-2/h8-11,14-17,20-21,23-24,26-27,29-30,32-33,35-36,38-39,41-42,44-46,48-49,51-52,54,64,68H,6-7,12-13,18-19,22,25,28,31,34,37,40,43,47,50,53,55-63H2,1-5H3/p+1/b10-8-,11-9-,16-14-,17-15-,21-20-,24-23-,27-26-,30-29-,33-32-,36-35-,39-38-,42-41-,45-44-,48-46-,51-49-,54-52-. The SMILES string of the molecule is CC/C=C\C/C=C\C/C=C\C/C=C\C/C=C\C/C=C\C/C=C\C/C=C\C/C=C\C/C=C\C/C=C\C/C=C\CCCCC(=O)OC(COC(=O)CC/C=C\C/C=C\C/C=C\C/C=C\CC)COC(OCC[N+](C)(C)C)C(=O)O. The topological polar surface area (TPSA) is 108 Å². The van der Waals surface area contributed by atoms with Gasteiger partial charge in [-0.15, -0.1) is 0 Å². The summed E-state index contributed by atoms with van der Waals surface area (Å²) >= 11 is 0. The third-order valence-electron chi connectivity index (χ3n) is 10.9. The van der Waals surface area contributed by atoms with E-state index in [9.17, 15) is 19.5 Å². The summed E-state index contributed by atoms with van der Waals surface area (Å²) in [4.78, 5) is 37.2. The van der Waals surface area contributed by atoms with Crippen molar-refractivity contribution in [1.29, 1.82) is 0 Å². The number of ether oxygens (including phenoxy) is 4. The summed E-state index contributed by atoms with van der Waals surface area (Å²) in [6.07, 6.45) is 85.5. The Kier molecular flexibility index (Phi) is 52.0. The van der Waals surface area contributed by atoms with Gasteiger partial charge in [-0.3, -0.25) is 9.59 Å². The van der Waals surface area contributed by atoms with Crippen LogP contribution in [-0.2, 0) is 33.3 Å². The van der Waals surface area contributed by atoms with E-state index in [2.05, 4.69) is 196 Å². The van der Waals surface area contributed by atoms with Crippen molar-refractivity contribution in [3.05, 3.63) is 194 Å². The van der Waals surface area contributed by atoms with Crippen LogP contribution in [0.5, 0.6) is 0 Å². The lowest BCUT2D eigenvalue weighted by Gasteiger charge is -2.25. The lowest BCUT2D eigenvalue weighted by molar-refractivity contribution is -0.870. The molecule has 0 aromatic carbocycles. The minimum atomic E-state index is -1.55. The van der Waals surface area contributed by atoms with Crippen molar-refractivity contribution >= 4 is 17.9 Å². The Morgan fingerprint density at radius 2 is 0.714 bits per heavy atom. The van der Waals surface area contributed by atoms with Crippen molar-refractivity contribution in [3.63, 3.8) is 0 Å². The molecule has 0 aliphatic carbocycles. The maximum absolute atomic E-state index is 12.8. The number of unbranched alkanes of at least 4 members (excludes halogenated alkanes) is 2. The number of nitrogens with zero attached hydrogens (tertiary/aromatic N) is 1. The minimum absolute atomic E-state index is 0.157. The first kappa shape index (κ1) is 71.1. The van der Waals surface area contributed by atoms with Gasteiger partial charge in [0.15, 0.2) is 6.10 Å². The average molecular weight is 1060 g/mol. The highest BCUT2D eigenvalue weighted by atomic mass is 16.7. The summed E-state index contributed by atoms with van der Waals surface area (Å²) in [6.45, 7) is 4.45. The Balaban J connectivity index is 4.36. The molecule has 0 aliphatic heterocycles. The van der Waals surface area contributed by atoms with E-state index in [-0.39, 0.29) is 32.7 Å². The Morgan fingerprint density at radius 3 is 1.04 bits per heavy atom. The second-order valence-electron chi connectivity index (χ2n) is 19.1. The summed E-state index contributed by atoms with van der Waals surface area (Å²) in [5, 5.41) is 9.67. The predicted molar refractivity (Wildman–Crippen MR) is 326 cm³/mol. The van der Waals surface area contributed by atoms with Gasteiger partial charge in [-0.2, -0.15) is 0 Å². The summed E-state index contributed by atoms with van der Waals surface area (Å²) in [5.74, 6) is -2.21. The molecule has 0 aromatic heterocycles. The third kappa shape index (κ3) is 57.7. The molecule has 77 heavy (non-hydrogen) atoms. The van der Waals surface area contributed by atoms with E-state index in [1.165, 1.54) is 0 Å². The molecule has 1 N–H and O–H groups in total. The number of carbonyl (C=O) groups excluding carboxylic acids is 2. The minimum Gasteiger partial charge on any atom is -0.477 e. The van der Waals surface area contributed by atoms with Gasteiger partial charge in [0.25, 0.3) is 6.29 Å². The van der Waals surface area contributed by atoms with Crippen molar-refractivity contribution in [2.24, 2.45) is 0 Å². The van der Waals surface area contributed by atoms with E-state index >= 15 is 0 Å². The van der Waals surface area contributed by atoms with E-state index in [0.29, 0.717) is 23.9 Å². The highest BCUT2D eigenvalue weighted by molar-refractivity contribution is 5.71. The second-order valence-corrected chi connectivity index (χ2v) is 19.1. The lowest BCUT2D eigenvalue weighted by atomic mass is 10.2. The van der Waals surface area contributed by atoms with Crippen LogP contribution in [0.25, 0.3) is 0 Å². The van der Waals surface area contributed by atoms with Gasteiger partial charge in [0.2, 0.25) is 0 Å². The highest BCUT2D eigenvalue weighted by Crippen LogP contribution is 2.09. The molecule has 0 aliphatic rings. The van der Waals surface area contributed by atoms with Crippen LogP contribution in [0.15, 0.2) is 194 Å². The molecular formula is C68H102NO8+. The number of carboxylic acids is 1. The van der Waals surface area contributed by atoms with Crippen molar-refractivity contribution < 1.29 is 42.9 Å². The molecule has 0 rings (SSSR count). The molecule has 0 bridgehead atoms. The van der Waals surface area contributed by atoms with Crippen LogP contribution in [0.4, 0.5) is 0 Å². The fraction of sp³-hybridized carbons (Fsp3) is 0.485. The molecule has 2 unspecified atom stereocenters. The fourth-order valence-corrected chi connectivity index (χ4v) is 6.53. The number of esters is 2. The van der Waals surface area contributed by atoms with Gasteiger partial charge in [0.05, 0.1) is 34.4 Å². The summed E-state index contributed by atoms with van der Waals surface area (Å²) in [6, 6.07) is 0. The number of quaternary nitrogens is 1. The molecule has 0 aromatic rings. The molecule has 0 heterocycles. The number of allylic oxidation sites excluding steroid dienone is 32. The van der Waals surface area contributed by atoms with Crippen molar-refractivity contribution in [2.75, 3.05) is 47.5 Å². The van der Waals surface area contributed by atoms with Gasteiger partial charge in [0.1, 0.15) is 13.2 Å². The molecule has 2 atom stereocenters. The molecule has 0 fully saturated rings. The maximum Gasteiger partial charge on any atom is 0.361 e. The zero-order valence-corrected chi connectivity index (χ0v) is 48.3. The largest absolute Gasteiger partial charge is 0.477 e. The normalized spacial score (nSPS) is 14.2. The van der Waals surface area contributed by atoms with Crippen LogP contribution in [0, 0.1) is 0 Å². The Bertz CT molecular complexity index is 1960. The molecule has 9 nitrogen and oxygen atoms in total. The highest BCUT2D eigenvalue weighted by Gasteiger charge is 2.25. The molecule has 426 valence electrons. The first-order chi connectivity index (χ1) is 37.6. The van der Waals surface area contributed by atoms with Crippen LogP contribution in [0.3, 0.4) is 0 Å². The number of hydrogen-bond donors (Lipinski definition) is 1. The van der Waals surface area contributed by atoms with Crippen molar-refractivity contribution in [1.82, 2.24) is 0 Å². The first-order valence-corrected chi connectivity index (χ1v) is 28.6. The van der Waals surface area contributed by atoms with Crippen LogP contribution < -0.4 is 0 Å². The van der Waals surface area contributed by atoms with Gasteiger partial charge < -0.3 is 28.5 Å². The van der Waals surface area contributed by atoms with E-state index in [0.717, 1.165) is 116 Å². The molecule has 0 saturated heterocycles. The molecular weight excluding hydrogens is 959 g/mol. The molecule has 9 heteroatoms. The van der Waals surface area contributed by atoms with Crippen molar-refractivity contribution in [3.8, 4) is 0 Å². The fourth-order valence-electron chi connectivity index (χ4n) is 6.53. The zero-order valence-electron chi connectivity index (χ0n) is 48.3. The zero-order chi connectivity index (χ0) is 56.2. The van der Waals surface area contributed by atoms with Crippen LogP contribution in [0.1, 0.15) is 155 Å². The number of likely N-dealkylation sites (N-methyl/N-ethyl adjacent to an activating group) is 1. The van der Waals surface area contributed by atoms with Gasteiger partial charge in [-0.25, -0.2) is 4.79 Å². The average Bonchev–Trinajstić information content (AvgIpc) is 3.40. The number of aliphatic carboxylic acids is 1. The number of rotatable bonds is 49. The maximum atomic E-state index is 12.8. The second kappa shape index (κ2) is 56.3. The lowest BCUT2D eigenvalue weighted by Crippen LogP contribution is -2.40. The number of hydrogen-bond acceptors (Lipinski definition) is 7. The summed E-state index contributed by atoms with van der Waals surface area (Å²) in [5.41, 5.74) is 0. The molecule has 0 spiro atoms. The molecule has 0 saturated carbocycles. The van der Waals surface area contributed by atoms with Gasteiger partial charge in [0, 0.05) is 12.8 Å². The number of carboxylic acid groups (broad SMARTS) is 1. The van der Waals surface area contributed by atoms with E-state index in [1.54, 1.807) is 0 Å². The first-order valence-electron chi connectivity index (χ1n) is 28.6. The van der Waals surface area contributed by atoms with Crippen LogP contribution in [-0.4, -0.2) is 87.4 Å². The Morgan fingerprint density at radius 1 is 0.390 bits per heavy atom. The van der Waals surface area contributed by atoms with E-state index in [1.807, 2.05) is 33.3 Å². The van der Waals surface area contributed by atoms with Crippen molar-refractivity contribution in [2.45, 2.75) is 167 Å². The van der Waals surface area contributed by atoms with E-state index in [4.69, 9.17) is 18.9 Å². The monoisotopic (exact) mass is 1060 g/mol. The van der Waals surface area contributed by atoms with Crippen LogP contribution >= 0.6 is 0 Å². The smallest absolute Gasteiger partial charge is 0.361 e. The molecule has 0 radical (unpaired) electrons. The summed E-state index contributed by atoms with van der Waals surface area (Å²) in [7, 11) is 5.91. The van der Waals surface area contributed by atoms with Crippen LogP contribution in [0.2, 0.25) is 0 Å². The third-order valence-corrected chi connectivity index (χ3v) is 10.9. The Labute approximate surface area is 468 Å². The van der Waals surface area contributed by atoms with Gasteiger partial charge >= 0.3 is 17.9 Å². The number of carbonyl (C=O) groups is 3. The summed E-state index contributed by atoms with van der Waals surface area (Å²) < 4.78 is 22.6. The quantitative estimate of drug-likeness (QED) is 0.0211. The van der Waals surface area contributed by atoms with Gasteiger partial charge in [-0.05, 0) is 128 Å².